The molecule has 5 heteroatoms. The van der Waals surface area contributed by atoms with Crippen molar-refractivity contribution in [3.05, 3.63) is 9.98 Å². The quantitative estimate of drug-likeness (QED) is 0.926. The third kappa shape index (κ3) is 4.03. The van der Waals surface area contributed by atoms with Crippen molar-refractivity contribution in [3.63, 3.8) is 0 Å². The minimum atomic E-state index is 0.926. The van der Waals surface area contributed by atoms with Crippen LogP contribution in [-0.2, 0) is 0 Å². The molecule has 3 nitrogen and oxygen atoms in total. The van der Waals surface area contributed by atoms with Crippen LogP contribution in [0.1, 0.15) is 25.7 Å². The number of thiazole rings is 1. The molecule has 0 bridgehead atoms. The van der Waals surface area contributed by atoms with Crippen LogP contribution in [0.15, 0.2) is 9.98 Å². The van der Waals surface area contributed by atoms with Crippen LogP contribution in [0.4, 0.5) is 5.13 Å². The monoisotopic (exact) mass is 303 g/mol. The first-order valence-corrected chi connectivity index (χ1v) is 7.59. The van der Waals surface area contributed by atoms with Crippen LogP contribution in [0.2, 0.25) is 0 Å². The van der Waals surface area contributed by atoms with E-state index in [1.807, 2.05) is 5.38 Å². The zero-order valence-corrected chi connectivity index (χ0v) is 11.8. The highest BCUT2D eigenvalue weighted by Crippen LogP contribution is 2.19. The third-order valence-corrected chi connectivity index (χ3v) is 4.39. The van der Waals surface area contributed by atoms with Gasteiger partial charge >= 0.3 is 0 Å². The number of anilines is 1. The summed E-state index contributed by atoms with van der Waals surface area (Å²) in [7, 11) is 0. The molecule has 1 saturated heterocycles. The first-order valence-electron chi connectivity index (χ1n) is 5.92. The second-order valence-corrected chi connectivity index (χ2v) is 5.83. The molecule has 1 fully saturated rings. The Bertz CT molecular complexity index is 308. The van der Waals surface area contributed by atoms with Crippen molar-refractivity contribution >= 4 is 32.4 Å². The summed E-state index contributed by atoms with van der Waals surface area (Å²) in [5, 5.41) is 6.39. The van der Waals surface area contributed by atoms with Gasteiger partial charge in [-0.3, -0.25) is 0 Å². The summed E-state index contributed by atoms with van der Waals surface area (Å²) in [6.07, 6.45) is 5.54. The summed E-state index contributed by atoms with van der Waals surface area (Å²) in [5.41, 5.74) is 0. The standard InChI is InChI=1S/C11H18BrN3S/c12-10-9-16-11(14-10)13-5-8-15-6-3-1-2-4-7-15/h9H,1-8H2,(H,13,14). The summed E-state index contributed by atoms with van der Waals surface area (Å²) in [4.78, 5) is 6.88. The highest BCUT2D eigenvalue weighted by molar-refractivity contribution is 9.10. The van der Waals surface area contributed by atoms with E-state index in [1.165, 1.54) is 38.8 Å². The molecular weight excluding hydrogens is 286 g/mol. The molecular formula is C11H18BrN3S. The van der Waals surface area contributed by atoms with Gasteiger partial charge in [0.2, 0.25) is 0 Å². The maximum absolute atomic E-state index is 4.32. The van der Waals surface area contributed by atoms with Gasteiger partial charge in [-0.25, -0.2) is 4.98 Å². The van der Waals surface area contributed by atoms with E-state index in [4.69, 9.17) is 0 Å². The number of halogens is 1. The molecule has 1 aromatic heterocycles. The van der Waals surface area contributed by atoms with Crippen LogP contribution >= 0.6 is 27.3 Å². The van der Waals surface area contributed by atoms with Gasteiger partial charge in [0.15, 0.2) is 5.13 Å². The molecule has 0 unspecified atom stereocenters. The van der Waals surface area contributed by atoms with E-state index in [9.17, 15) is 0 Å². The number of likely N-dealkylation sites (tertiary alicyclic amines) is 1. The average molecular weight is 304 g/mol. The maximum Gasteiger partial charge on any atom is 0.183 e. The Balaban J connectivity index is 1.67. The zero-order chi connectivity index (χ0) is 11.2. The van der Waals surface area contributed by atoms with E-state index in [2.05, 4.69) is 31.1 Å². The molecule has 0 aromatic carbocycles. The van der Waals surface area contributed by atoms with Crippen LogP contribution in [0.5, 0.6) is 0 Å². The lowest BCUT2D eigenvalue weighted by atomic mass is 10.2. The number of hydrogen-bond acceptors (Lipinski definition) is 4. The number of aromatic nitrogens is 1. The zero-order valence-electron chi connectivity index (χ0n) is 9.41. The first kappa shape index (κ1) is 12.3. The topological polar surface area (TPSA) is 28.2 Å². The molecule has 1 N–H and O–H groups in total. The van der Waals surface area contributed by atoms with Crippen LogP contribution in [0, 0.1) is 0 Å². The smallest absolute Gasteiger partial charge is 0.183 e. The van der Waals surface area contributed by atoms with Crippen molar-refractivity contribution in [1.29, 1.82) is 0 Å². The van der Waals surface area contributed by atoms with Gasteiger partial charge in [0.1, 0.15) is 4.60 Å². The van der Waals surface area contributed by atoms with Crippen LogP contribution in [0.25, 0.3) is 0 Å². The van der Waals surface area contributed by atoms with E-state index in [-0.39, 0.29) is 0 Å². The Kier molecular flexibility index (Phi) is 5.06. The molecule has 1 aliphatic heterocycles. The van der Waals surface area contributed by atoms with Crippen molar-refractivity contribution in [2.45, 2.75) is 25.7 Å². The Hall–Kier alpha value is -0.130. The summed E-state index contributed by atoms with van der Waals surface area (Å²) in [6.45, 7) is 4.67. The van der Waals surface area contributed by atoms with Gasteiger partial charge in [-0.05, 0) is 41.9 Å². The second-order valence-electron chi connectivity index (χ2n) is 4.16. The Morgan fingerprint density at radius 1 is 1.31 bits per heavy atom. The maximum atomic E-state index is 4.32. The highest BCUT2D eigenvalue weighted by atomic mass is 79.9. The van der Waals surface area contributed by atoms with Crippen LogP contribution < -0.4 is 5.32 Å². The van der Waals surface area contributed by atoms with E-state index in [0.717, 1.165) is 22.8 Å². The number of nitrogens with zero attached hydrogens (tertiary/aromatic N) is 2. The van der Waals surface area contributed by atoms with Gasteiger partial charge in [0.25, 0.3) is 0 Å². The number of hydrogen-bond donors (Lipinski definition) is 1. The average Bonchev–Trinajstić information content (AvgIpc) is 2.54. The van der Waals surface area contributed by atoms with Gasteiger partial charge in [-0.2, -0.15) is 0 Å². The molecule has 0 aliphatic carbocycles. The van der Waals surface area contributed by atoms with Crippen LogP contribution in [0.3, 0.4) is 0 Å². The number of nitrogens with one attached hydrogen (secondary N) is 1. The van der Waals surface area contributed by atoms with Gasteiger partial charge in [0, 0.05) is 18.5 Å². The molecule has 0 radical (unpaired) electrons. The Morgan fingerprint density at radius 3 is 2.69 bits per heavy atom. The molecule has 2 heterocycles. The molecule has 16 heavy (non-hydrogen) atoms. The Morgan fingerprint density at radius 2 is 2.06 bits per heavy atom. The van der Waals surface area contributed by atoms with Gasteiger partial charge in [0.05, 0.1) is 0 Å². The summed E-state index contributed by atoms with van der Waals surface area (Å²) in [5.74, 6) is 0. The fourth-order valence-corrected chi connectivity index (χ4v) is 3.19. The minimum absolute atomic E-state index is 0.926. The SMILES string of the molecule is Brc1csc(NCCN2CCCCCC2)n1. The van der Waals surface area contributed by atoms with E-state index in [0.29, 0.717) is 0 Å². The predicted octanol–water partition coefficient (Wildman–Crippen LogP) is 3.19. The van der Waals surface area contributed by atoms with Crippen LogP contribution in [-0.4, -0.2) is 36.1 Å². The minimum Gasteiger partial charge on any atom is -0.360 e. The molecule has 0 saturated carbocycles. The summed E-state index contributed by atoms with van der Waals surface area (Å²) >= 11 is 5.01. The van der Waals surface area contributed by atoms with E-state index < -0.39 is 0 Å². The van der Waals surface area contributed by atoms with Gasteiger partial charge < -0.3 is 10.2 Å². The molecule has 0 amide bonds. The van der Waals surface area contributed by atoms with Crippen molar-refractivity contribution in [3.8, 4) is 0 Å². The molecule has 1 aromatic rings. The third-order valence-electron chi connectivity index (χ3n) is 2.88. The van der Waals surface area contributed by atoms with E-state index >= 15 is 0 Å². The fourth-order valence-electron chi connectivity index (χ4n) is 2.02. The first-order chi connectivity index (χ1) is 7.84. The fraction of sp³-hybridized carbons (Fsp3) is 0.727. The number of rotatable bonds is 4. The van der Waals surface area contributed by atoms with Gasteiger partial charge in [-0.1, -0.05) is 12.8 Å². The van der Waals surface area contributed by atoms with E-state index in [1.54, 1.807) is 11.3 Å². The van der Waals surface area contributed by atoms with Crippen molar-refractivity contribution < 1.29 is 0 Å². The second kappa shape index (κ2) is 6.57. The summed E-state index contributed by atoms with van der Waals surface area (Å²) in [6, 6.07) is 0. The predicted molar refractivity (Wildman–Crippen MR) is 73.2 cm³/mol. The van der Waals surface area contributed by atoms with Gasteiger partial charge in [-0.15, -0.1) is 11.3 Å². The molecule has 1 aliphatic rings. The van der Waals surface area contributed by atoms with Crippen molar-refractivity contribution in [2.75, 3.05) is 31.5 Å². The normalized spacial score (nSPS) is 18.3. The Labute approximate surface area is 109 Å². The molecule has 0 atom stereocenters. The largest absolute Gasteiger partial charge is 0.360 e. The lowest BCUT2D eigenvalue weighted by Gasteiger charge is -2.19. The lowest BCUT2D eigenvalue weighted by Crippen LogP contribution is -2.29. The molecule has 2 rings (SSSR count). The summed E-state index contributed by atoms with van der Waals surface area (Å²) < 4.78 is 0.926. The lowest BCUT2D eigenvalue weighted by molar-refractivity contribution is 0.296. The van der Waals surface area contributed by atoms with Crippen molar-refractivity contribution in [2.24, 2.45) is 0 Å². The van der Waals surface area contributed by atoms with Crippen molar-refractivity contribution in [1.82, 2.24) is 9.88 Å². The molecule has 0 spiro atoms. The molecule has 90 valence electrons. The highest BCUT2D eigenvalue weighted by Gasteiger charge is 2.08.